The van der Waals surface area contributed by atoms with Gasteiger partial charge in [-0.2, -0.15) is 0 Å². The summed E-state index contributed by atoms with van der Waals surface area (Å²) in [5, 5.41) is 0. The van der Waals surface area contributed by atoms with Crippen molar-refractivity contribution in [3.8, 4) is 11.5 Å². The summed E-state index contributed by atoms with van der Waals surface area (Å²) in [6.45, 7) is 9.66. The maximum absolute atomic E-state index is 12.3. The summed E-state index contributed by atoms with van der Waals surface area (Å²) in [7, 11) is -2.44. The van der Waals surface area contributed by atoms with Crippen LogP contribution in [0.3, 0.4) is 0 Å². The Balaban J connectivity index is 2.58. The van der Waals surface area contributed by atoms with Gasteiger partial charge in [-0.3, -0.25) is 4.79 Å². The molecule has 2 nitrogen and oxygen atoms in total. The lowest BCUT2D eigenvalue weighted by Gasteiger charge is -2.35. The van der Waals surface area contributed by atoms with E-state index >= 15 is 0 Å². The maximum atomic E-state index is 12.3. The van der Waals surface area contributed by atoms with E-state index in [0.717, 1.165) is 23.0 Å². The predicted octanol–water partition coefficient (Wildman–Crippen LogP) is 4.47. The van der Waals surface area contributed by atoms with E-state index < -0.39 is 13.9 Å². The molecule has 3 heteroatoms. The molecule has 0 aromatic heterocycles. The molecule has 0 fully saturated rings. The predicted molar refractivity (Wildman–Crippen MR) is 101 cm³/mol. The van der Waals surface area contributed by atoms with Gasteiger partial charge in [-0.1, -0.05) is 78.7 Å². The lowest BCUT2D eigenvalue weighted by Crippen LogP contribution is -2.44. The first kappa shape index (κ1) is 17.9. The van der Waals surface area contributed by atoms with Crippen LogP contribution in [-0.2, 0) is 14.8 Å². The number of allylic oxidation sites excluding steroid dienone is 1. The summed E-state index contributed by atoms with van der Waals surface area (Å²) in [6, 6.07) is 19.2. The Labute approximate surface area is 145 Å². The van der Waals surface area contributed by atoms with Gasteiger partial charge in [0.2, 0.25) is 0 Å². The van der Waals surface area contributed by atoms with Gasteiger partial charge >= 0.3 is 0 Å². The zero-order chi connectivity index (χ0) is 17.6. The average molecular weight is 334 g/mol. The monoisotopic (exact) mass is 334 g/mol. The molecule has 2 aromatic rings. The zero-order valence-corrected chi connectivity index (χ0v) is 15.4. The molecule has 2 aromatic carbocycles. The van der Waals surface area contributed by atoms with Gasteiger partial charge in [0.1, 0.15) is 0 Å². The number of benzene rings is 2. The highest BCUT2D eigenvalue weighted by molar-refractivity contribution is 6.79. The molecule has 0 amide bonds. The lowest BCUT2D eigenvalue weighted by molar-refractivity contribution is -0.119. The third-order valence-electron chi connectivity index (χ3n) is 3.56. The van der Waals surface area contributed by atoms with Crippen LogP contribution < -0.4 is 0 Å². The average Bonchev–Trinajstić information content (AvgIpc) is 2.60. The van der Waals surface area contributed by atoms with Crippen LogP contribution in [0, 0.1) is 11.5 Å². The van der Waals surface area contributed by atoms with Crippen LogP contribution in [0.4, 0.5) is 0 Å². The topological polar surface area (TPSA) is 26.3 Å². The molecular formula is C21H22O2Si. The summed E-state index contributed by atoms with van der Waals surface area (Å²) in [6.07, 6.45) is 0.884. The molecule has 0 aliphatic heterocycles. The highest BCUT2D eigenvalue weighted by Crippen LogP contribution is 2.34. The Morgan fingerprint density at radius 2 is 1.50 bits per heavy atom. The number of hydrogen-bond acceptors (Lipinski definition) is 2. The van der Waals surface area contributed by atoms with Crippen LogP contribution in [0.5, 0.6) is 0 Å². The zero-order valence-electron chi connectivity index (χ0n) is 14.4. The first-order valence-corrected chi connectivity index (χ1v) is 10.8. The van der Waals surface area contributed by atoms with E-state index in [1.54, 1.807) is 0 Å². The van der Waals surface area contributed by atoms with E-state index in [0.29, 0.717) is 0 Å². The number of hydrogen-bond donors (Lipinski definition) is 0. The van der Waals surface area contributed by atoms with Crippen molar-refractivity contribution in [1.29, 1.82) is 0 Å². The first-order valence-electron chi connectivity index (χ1n) is 7.86. The number of rotatable bonds is 5. The highest BCUT2D eigenvalue weighted by Gasteiger charge is 2.41. The van der Waals surface area contributed by atoms with Crippen LogP contribution >= 0.6 is 0 Å². The lowest BCUT2D eigenvalue weighted by atomic mass is 9.88. The molecular weight excluding hydrogens is 312 g/mol. The molecule has 0 atom stereocenters. The van der Waals surface area contributed by atoms with Gasteiger partial charge in [0.25, 0.3) is 8.32 Å². The van der Waals surface area contributed by atoms with Gasteiger partial charge < -0.3 is 4.43 Å². The molecule has 2 rings (SSSR count). The molecule has 0 saturated heterocycles. The van der Waals surface area contributed by atoms with Crippen molar-refractivity contribution >= 4 is 14.6 Å². The number of aldehydes is 1. The SMILES string of the molecule is C=C(C)C#C[Si](C)(C)OC(C=O)(c1ccccc1)c1ccccc1. The standard InChI is InChI=1S/C21H22O2Si/c1-18(2)15-16-24(3,4)23-21(17-22,19-11-7-5-8-12-19)20-13-9-6-10-14-20/h5-14,17H,1H2,2-4H3. The maximum Gasteiger partial charge on any atom is 0.268 e. The van der Waals surface area contributed by atoms with Gasteiger partial charge in [0, 0.05) is 0 Å². The van der Waals surface area contributed by atoms with Crippen LogP contribution in [0.25, 0.3) is 0 Å². The quantitative estimate of drug-likeness (QED) is 0.458. The van der Waals surface area contributed by atoms with Crippen LogP contribution in [0.1, 0.15) is 18.1 Å². The molecule has 24 heavy (non-hydrogen) atoms. The van der Waals surface area contributed by atoms with Crippen LogP contribution in [-0.4, -0.2) is 14.6 Å². The van der Waals surface area contributed by atoms with Crippen molar-refractivity contribution in [3.05, 3.63) is 83.9 Å². The Bertz CT molecular complexity index is 728. The van der Waals surface area contributed by atoms with Crippen LogP contribution in [0.15, 0.2) is 72.8 Å². The van der Waals surface area contributed by atoms with Gasteiger partial charge in [-0.25, -0.2) is 0 Å². The third kappa shape index (κ3) is 4.11. The fourth-order valence-corrected chi connectivity index (χ4v) is 4.16. The largest absolute Gasteiger partial charge is 0.386 e. The summed E-state index contributed by atoms with van der Waals surface area (Å²) in [5.41, 5.74) is 4.45. The summed E-state index contributed by atoms with van der Waals surface area (Å²) in [4.78, 5) is 12.3. The van der Waals surface area contributed by atoms with Crippen molar-refractivity contribution in [2.24, 2.45) is 0 Å². The van der Waals surface area contributed by atoms with E-state index in [4.69, 9.17) is 4.43 Å². The summed E-state index contributed by atoms with van der Waals surface area (Å²) in [5.74, 6) is 3.01. The summed E-state index contributed by atoms with van der Waals surface area (Å²) < 4.78 is 6.45. The second-order valence-electron chi connectivity index (χ2n) is 6.23. The second-order valence-corrected chi connectivity index (χ2v) is 9.70. The Kier molecular flexibility index (Phi) is 5.56. The van der Waals surface area contributed by atoms with Crippen LogP contribution in [0.2, 0.25) is 13.1 Å². The normalized spacial score (nSPS) is 11.3. The first-order chi connectivity index (χ1) is 11.4. The molecule has 0 radical (unpaired) electrons. The smallest absolute Gasteiger partial charge is 0.268 e. The van der Waals surface area contributed by atoms with Gasteiger partial charge in [0.15, 0.2) is 11.9 Å². The van der Waals surface area contributed by atoms with E-state index in [2.05, 4.69) is 18.0 Å². The van der Waals surface area contributed by atoms with Crippen molar-refractivity contribution < 1.29 is 9.22 Å². The molecule has 0 aliphatic carbocycles. The second kappa shape index (κ2) is 7.44. The Hall–Kier alpha value is -2.41. The molecule has 0 spiro atoms. The minimum atomic E-state index is -2.44. The van der Waals surface area contributed by atoms with E-state index in [1.165, 1.54) is 0 Å². The molecule has 0 unspecified atom stereocenters. The van der Waals surface area contributed by atoms with E-state index in [-0.39, 0.29) is 0 Å². The highest BCUT2D eigenvalue weighted by atomic mass is 28.4. The Morgan fingerprint density at radius 1 is 1.04 bits per heavy atom. The van der Waals surface area contributed by atoms with Crippen molar-refractivity contribution in [2.45, 2.75) is 25.6 Å². The minimum absolute atomic E-state index is 0.787. The molecule has 122 valence electrons. The summed E-state index contributed by atoms with van der Waals surface area (Å²) >= 11 is 0. The molecule has 0 saturated carbocycles. The molecule has 0 aliphatic rings. The number of carbonyl (C=O) groups excluding carboxylic acids is 1. The van der Waals surface area contributed by atoms with Gasteiger partial charge in [-0.05, 0) is 36.7 Å². The fraction of sp³-hybridized carbons (Fsp3) is 0.190. The van der Waals surface area contributed by atoms with Crippen molar-refractivity contribution in [2.75, 3.05) is 0 Å². The molecule has 0 bridgehead atoms. The van der Waals surface area contributed by atoms with E-state index in [9.17, 15) is 4.79 Å². The van der Waals surface area contributed by atoms with E-state index in [1.807, 2.05) is 80.7 Å². The van der Waals surface area contributed by atoms with Crippen molar-refractivity contribution in [1.82, 2.24) is 0 Å². The third-order valence-corrected chi connectivity index (χ3v) is 5.12. The van der Waals surface area contributed by atoms with Crippen molar-refractivity contribution in [3.63, 3.8) is 0 Å². The minimum Gasteiger partial charge on any atom is -0.386 e. The Morgan fingerprint density at radius 3 is 1.88 bits per heavy atom. The fourth-order valence-electron chi connectivity index (χ4n) is 2.50. The number of carbonyl (C=O) groups is 1. The molecule has 0 heterocycles. The van der Waals surface area contributed by atoms with Gasteiger partial charge in [0.05, 0.1) is 0 Å². The van der Waals surface area contributed by atoms with Gasteiger partial charge in [-0.15, -0.1) is 0 Å². The molecule has 0 N–H and O–H groups in total.